The molecular weight excluding hydrogens is 254 g/mol. The fourth-order valence-electron chi connectivity index (χ4n) is 1.32. The molecule has 1 aromatic heterocycles. The third-order valence-corrected chi connectivity index (χ3v) is 3.30. The van der Waals surface area contributed by atoms with Gasteiger partial charge in [0.25, 0.3) is 0 Å². The molecule has 1 aromatic rings. The van der Waals surface area contributed by atoms with Gasteiger partial charge in [-0.2, -0.15) is 0 Å². The maximum absolute atomic E-state index is 11.6. The fraction of sp³-hybridized carbons (Fsp3) is 0.545. The molecule has 1 heterocycles. The lowest BCUT2D eigenvalue weighted by Crippen LogP contribution is -2.41. The maximum atomic E-state index is 11.6. The van der Waals surface area contributed by atoms with Gasteiger partial charge in [-0.3, -0.25) is 14.9 Å². The third-order valence-electron chi connectivity index (χ3n) is 2.37. The molecule has 1 unspecified atom stereocenters. The Morgan fingerprint density at radius 3 is 2.89 bits per heavy atom. The van der Waals surface area contributed by atoms with Crippen molar-refractivity contribution in [3.63, 3.8) is 0 Å². The molecule has 7 heteroatoms. The summed E-state index contributed by atoms with van der Waals surface area (Å²) in [5.41, 5.74) is 0.821. The largest absolute Gasteiger partial charge is 0.355 e. The average Bonchev–Trinajstić information content (AvgIpc) is 2.81. The normalized spacial score (nSPS) is 12.1. The zero-order valence-electron chi connectivity index (χ0n) is 10.4. The molecule has 0 aliphatic carbocycles. The van der Waals surface area contributed by atoms with Crippen molar-refractivity contribution in [2.75, 3.05) is 6.54 Å². The lowest BCUT2D eigenvalue weighted by molar-refractivity contribution is -0.380. The number of nitro groups is 1. The first-order valence-electron chi connectivity index (χ1n) is 5.77. The highest BCUT2D eigenvalue weighted by atomic mass is 32.1. The molecule has 0 radical (unpaired) electrons. The Hall–Kier alpha value is -1.47. The first-order valence-corrected chi connectivity index (χ1v) is 6.65. The molecule has 1 amide bonds. The molecule has 1 atom stereocenters. The van der Waals surface area contributed by atoms with Gasteiger partial charge in [0.05, 0.1) is 11.0 Å². The van der Waals surface area contributed by atoms with Gasteiger partial charge in [-0.25, -0.2) is 0 Å². The highest BCUT2D eigenvalue weighted by Crippen LogP contribution is 2.22. The number of carbonyl (C=O) groups excluding carboxylic acids is 1. The van der Waals surface area contributed by atoms with E-state index in [4.69, 9.17) is 0 Å². The number of hydrogen-bond acceptors (Lipinski definition) is 5. The van der Waals surface area contributed by atoms with Gasteiger partial charge >= 0.3 is 5.00 Å². The Balaban J connectivity index is 2.39. The molecule has 100 valence electrons. The van der Waals surface area contributed by atoms with Crippen LogP contribution in [0.3, 0.4) is 0 Å². The molecule has 0 fully saturated rings. The number of carbonyl (C=O) groups is 1. The van der Waals surface area contributed by atoms with E-state index in [1.165, 1.54) is 6.07 Å². The molecule has 0 aliphatic rings. The minimum absolute atomic E-state index is 0.0541. The molecule has 6 nitrogen and oxygen atoms in total. The van der Waals surface area contributed by atoms with Crippen LogP contribution in [0.5, 0.6) is 0 Å². The van der Waals surface area contributed by atoms with E-state index in [0.717, 1.165) is 23.3 Å². The van der Waals surface area contributed by atoms with E-state index in [0.29, 0.717) is 13.1 Å². The van der Waals surface area contributed by atoms with Gasteiger partial charge in [0.15, 0.2) is 0 Å². The van der Waals surface area contributed by atoms with Crippen LogP contribution in [-0.4, -0.2) is 23.4 Å². The predicted molar refractivity (Wildman–Crippen MR) is 70.6 cm³/mol. The maximum Gasteiger partial charge on any atom is 0.324 e. The van der Waals surface area contributed by atoms with Crippen LogP contribution in [0.15, 0.2) is 11.4 Å². The number of rotatable bonds is 7. The average molecular weight is 271 g/mol. The second-order valence-corrected chi connectivity index (χ2v) is 4.83. The molecule has 1 rings (SSSR count). The van der Waals surface area contributed by atoms with Crippen LogP contribution in [0.4, 0.5) is 5.00 Å². The van der Waals surface area contributed by atoms with Crippen LogP contribution in [0.2, 0.25) is 0 Å². The van der Waals surface area contributed by atoms with Crippen LogP contribution in [0, 0.1) is 10.1 Å². The van der Waals surface area contributed by atoms with Crippen molar-refractivity contribution in [1.82, 2.24) is 10.6 Å². The van der Waals surface area contributed by atoms with Crippen LogP contribution >= 0.6 is 11.3 Å². The zero-order valence-corrected chi connectivity index (χ0v) is 11.3. The van der Waals surface area contributed by atoms with Crippen molar-refractivity contribution in [3.05, 3.63) is 27.1 Å². The fourth-order valence-corrected chi connectivity index (χ4v) is 2.05. The van der Waals surface area contributed by atoms with Gasteiger partial charge in [0.1, 0.15) is 0 Å². The van der Waals surface area contributed by atoms with Crippen molar-refractivity contribution in [2.45, 2.75) is 32.9 Å². The summed E-state index contributed by atoms with van der Waals surface area (Å²) in [4.78, 5) is 21.7. The van der Waals surface area contributed by atoms with E-state index >= 15 is 0 Å². The summed E-state index contributed by atoms with van der Waals surface area (Å²) in [6.45, 7) is 4.87. The van der Waals surface area contributed by atoms with Gasteiger partial charge in [-0.1, -0.05) is 18.3 Å². The quantitative estimate of drug-likeness (QED) is 0.583. The van der Waals surface area contributed by atoms with Gasteiger partial charge in [-0.05, 0) is 18.9 Å². The summed E-state index contributed by atoms with van der Waals surface area (Å²) < 4.78 is 0. The summed E-state index contributed by atoms with van der Waals surface area (Å²) in [6, 6.07) is 1.21. The summed E-state index contributed by atoms with van der Waals surface area (Å²) >= 11 is 1.09. The minimum atomic E-state index is -0.411. The van der Waals surface area contributed by atoms with Crippen molar-refractivity contribution in [3.8, 4) is 0 Å². The van der Waals surface area contributed by atoms with Gasteiger partial charge in [-0.15, -0.1) is 0 Å². The van der Waals surface area contributed by atoms with E-state index < -0.39 is 4.92 Å². The molecule has 2 N–H and O–H groups in total. The zero-order chi connectivity index (χ0) is 13.5. The number of nitrogens with zero attached hydrogens (tertiary/aromatic N) is 1. The first kappa shape index (κ1) is 14.6. The Bertz CT molecular complexity index is 419. The Morgan fingerprint density at radius 2 is 2.33 bits per heavy atom. The second kappa shape index (κ2) is 7.07. The topological polar surface area (TPSA) is 84.3 Å². The van der Waals surface area contributed by atoms with Crippen molar-refractivity contribution >= 4 is 22.2 Å². The van der Waals surface area contributed by atoms with Crippen LogP contribution in [0.25, 0.3) is 0 Å². The second-order valence-electron chi connectivity index (χ2n) is 3.94. The van der Waals surface area contributed by atoms with E-state index in [2.05, 4.69) is 10.6 Å². The monoisotopic (exact) mass is 271 g/mol. The first-order chi connectivity index (χ1) is 8.54. The van der Waals surface area contributed by atoms with Crippen molar-refractivity contribution in [2.24, 2.45) is 0 Å². The van der Waals surface area contributed by atoms with Crippen molar-refractivity contribution < 1.29 is 9.72 Å². The number of amides is 1. The summed E-state index contributed by atoms with van der Waals surface area (Å²) in [5, 5.41) is 18.2. The van der Waals surface area contributed by atoms with E-state index in [9.17, 15) is 14.9 Å². The van der Waals surface area contributed by atoms with E-state index in [-0.39, 0.29) is 17.0 Å². The summed E-state index contributed by atoms with van der Waals surface area (Å²) in [7, 11) is 0. The summed E-state index contributed by atoms with van der Waals surface area (Å²) in [6.07, 6.45) is 0.898. The molecule has 0 spiro atoms. The molecule has 18 heavy (non-hydrogen) atoms. The van der Waals surface area contributed by atoms with E-state index in [1.54, 1.807) is 12.3 Å². The SMILES string of the molecule is CCCNC(=O)C(C)NCc1csc([N+](=O)[O-])c1. The standard InChI is InChI=1S/C11H17N3O3S/c1-3-4-12-11(15)8(2)13-6-9-5-10(14(16)17)18-7-9/h5,7-8,13H,3-4,6H2,1-2H3,(H,12,15). The molecule has 0 bridgehead atoms. The molecule has 0 saturated carbocycles. The highest BCUT2D eigenvalue weighted by Gasteiger charge is 2.13. The van der Waals surface area contributed by atoms with Crippen molar-refractivity contribution in [1.29, 1.82) is 0 Å². The highest BCUT2D eigenvalue weighted by molar-refractivity contribution is 7.13. The lowest BCUT2D eigenvalue weighted by Gasteiger charge is -2.12. The molecule has 0 aliphatic heterocycles. The predicted octanol–water partition coefficient (Wildman–Crippen LogP) is 1.66. The van der Waals surface area contributed by atoms with Gasteiger partial charge in [0.2, 0.25) is 5.91 Å². The van der Waals surface area contributed by atoms with Gasteiger partial charge in [0, 0.05) is 24.5 Å². The molecule has 0 aromatic carbocycles. The van der Waals surface area contributed by atoms with Crippen LogP contribution in [-0.2, 0) is 11.3 Å². The molecular formula is C11H17N3O3S. The smallest absolute Gasteiger partial charge is 0.324 e. The summed E-state index contributed by atoms with van der Waals surface area (Å²) in [5.74, 6) is -0.0541. The van der Waals surface area contributed by atoms with Crippen LogP contribution < -0.4 is 10.6 Å². The van der Waals surface area contributed by atoms with E-state index in [1.807, 2.05) is 6.92 Å². The number of hydrogen-bond donors (Lipinski definition) is 2. The lowest BCUT2D eigenvalue weighted by atomic mass is 10.2. The Labute approximate surface area is 110 Å². The third kappa shape index (κ3) is 4.42. The van der Waals surface area contributed by atoms with Crippen LogP contribution in [0.1, 0.15) is 25.8 Å². The van der Waals surface area contributed by atoms with Gasteiger partial charge < -0.3 is 10.6 Å². The number of thiophene rings is 1. The minimum Gasteiger partial charge on any atom is -0.355 e. The number of nitrogens with one attached hydrogen (secondary N) is 2. The Morgan fingerprint density at radius 1 is 1.61 bits per heavy atom. The molecule has 0 saturated heterocycles. The Kier molecular flexibility index (Phi) is 5.73.